The summed E-state index contributed by atoms with van der Waals surface area (Å²) in [6.45, 7) is 5.79. The van der Waals surface area contributed by atoms with E-state index >= 15 is 0 Å². The maximum absolute atomic E-state index is 12.3. The van der Waals surface area contributed by atoms with Gasteiger partial charge in [-0.1, -0.05) is 22.0 Å². The number of ether oxygens (including phenoxy) is 1. The van der Waals surface area contributed by atoms with E-state index in [1.165, 1.54) is 0 Å². The van der Waals surface area contributed by atoms with Gasteiger partial charge in [0.25, 0.3) is 5.91 Å². The molecule has 2 aliphatic heterocycles. The molecule has 0 aliphatic carbocycles. The lowest BCUT2D eigenvalue weighted by atomic mass is 9.82. The van der Waals surface area contributed by atoms with Crippen molar-refractivity contribution >= 4 is 33.6 Å². The SMILES string of the molecule is Cc1cc(C(=O)N[C@@H](C)CN2CCC3(CC2)OC(=O)NN=C3c2ccc(C#N)cc2Br)n[nH]1. The van der Waals surface area contributed by atoms with E-state index in [-0.39, 0.29) is 11.9 Å². The Labute approximate surface area is 199 Å². The highest BCUT2D eigenvalue weighted by Crippen LogP contribution is 2.35. The fraction of sp³-hybridized carbons (Fsp3) is 0.409. The van der Waals surface area contributed by atoms with E-state index in [0.717, 1.165) is 11.3 Å². The Balaban J connectivity index is 1.42. The first-order valence-corrected chi connectivity index (χ1v) is 11.4. The number of rotatable bonds is 5. The van der Waals surface area contributed by atoms with Crippen molar-refractivity contribution in [1.82, 2.24) is 25.8 Å². The Morgan fingerprint density at radius 3 is 2.79 bits per heavy atom. The van der Waals surface area contributed by atoms with Gasteiger partial charge in [-0.3, -0.25) is 9.89 Å². The number of nitrogens with one attached hydrogen (secondary N) is 3. The lowest BCUT2D eigenvalue weighted by Crippen LogP contribution is -2.57. The lowest BCUT2D eigenvalue weighted by molar-refractivity contribution is 0.00485. The first-order valence-electron chi connectivity index (χ1n) is 10.6. The average molecular weight is 514 g/mol. The highest BCUT2D eigenvalue weighted by molar-refractivity contribution is 9.10. The predicted molar refractivity (Wildman–Crippen MR) is 124 cm³/mol. The van der Waals surface area contributed by atoms with Gasteiger partial charge < -0.3 is 15.0 Å². The van der Waals surface area contributed by atoms with Crippen molar-refractivity contribution in [3.63, 3.8) is 0 Å². The molecule has 1 aromatic carbocycles. The molecule has 0 saturated carbocycles. The molecule has 1 atom stereocenters. The summed E-state index contributed by atoms with van der Waals surface area (Å²) >= 11 is 3.52. The first-order chi connectivity index (χ1) is 15.8. The summed E-state index contributed by atoms with van der Waals surface area (Å²) in [5.41, 5.74) is 4.69. The standard InChI is InChI=1S/C22H24BrN7O3/c1-13-9-18(27-26-13)20(31)25-14(2)12-30-7-5-22(6-8-30)19(28-29-21(32)33-22)16-4-3-15(11-24)10-17(16)23/h3-4,9-10,14H,5-8,12H2,1-2H3,(H,25,31)(H,26,27)(H,29,32)/t14-/m0/s1. The minimum Gasteiger partial charge on any atom is -0.435 e. The molecule has 3 heterocycles. The number of aryl methyl sites for hydroxylation is 1. The van der Waals surface area contributed by atoms with Crippen LogP contribution in [0.3, 0.4) is 0 Å². The zero-order valence-electron chi connectivity index (χ0n) is 18.3. The topological polar surface area (TPSA) is 136 Å². The third-order valence-electron chi connectivity index (χ3n) is 5.84. The van der Waals surface area contributed by atoms with Crippen LogP contribution in [-0.4, -0.2) is 64.1 Å². The number of likely N-dealkylation sites (tertiary alicyclic amines) is 1. The molecule has 33 heavy (non-hydrogen) atoms. The van der Waals surface area contributed by atoms with Gasteiger partial charge >= 0.3 is 6.09 Å². The number of nitrogens with zero attached hydrogens (tertiary/aromatic N) is 4. The minimum atomic E-state index is -0.853. The van der Waals surface area contributed by atoms with Crippen molar-refractivity contribution in [2.45, 2.75) is 38.3 Å². The zero-order chi connectivity index (χ0) is 23.6. The molecule has 2 aromatic rings. The van der Waals surface area contributed by atoms with E-state index in [1.54, 1.807) is 18.2 Å². The fourth-order valence-corrected chi connectivity index (χ4v) is 4.80. The van der Waals surface area contributed by atoms with Crippen molar-refractivity contribution < 1.29 is 14.3 Å². The van der Waals surface area contributed by atoms with Crippen LogP contribution in [0.25, 0.3) is 0 Å². The Bertz CT molecular complexity index is 1150. The number of piperidine rings is 1. The van der Waals surface area contributed by atoms with Gasteiger partial charge in [0.15, 0.2) is 5.60 Å². The predicted octanol–water partition coefficient (Wildman–Crippen LogP) is 2.45. The van der Waals surface area contributed by atoms with E-state index in [1.807, 2.05) is 19.9 Å². The second kappa shape index (κ2) is 9.33. The molecule has 2 aliphatic rings. The van der Waals surface area contributed by atoms with Crippen molar-refractivity contribution in [3.05, 3.63) is 51.3 Å². The number of carbonyl (C=O) groups is 2. The van der Waals surface area contributed by atoms with Gasteiger partial charge in [-0.2, -0.15) is 15.5 Å². The molecule has 0 bridgehead atoms. The molecule has 172 valence electrons. The first kappa shape index (κ1) is 22.9. The van der Waals surface area contributed by atoms with Gasteiger partial charge in [0.1, 0.15) is 11.4 Å². The van der Waals surface area contributed by atoms with Crippen LogP contribution < -0.4 is 10.7 Å². The molecular weight excluding hydrogens is 490 g/mol. The van der Waals surface area contributed by atoms with E-state index in [4.69, 9.17) is 10.00 Å². The molecule has 10 nitrogen and oxygen atoms in total. The lowest BCUT2D eigenvalue weighted by Gasteiger charge is -2.43. The van der Waals surface area contributed by atoms with E-state index in [2.05, 4.69) is 52.9 Å². The summed E-state index contributed by atoms with van der Waals surface area (Å²) in [4.78, 5) is 26.6. The van der Waals surface area contributed by atoms with Gasteiger partial charge in [-0.05, 0) is 32.0 Å². The van der Waals surface area contributed by atoms with Crippen molar-refractivity contribution in [2.75, 3.05) is 19.6 Å². The molecule has 1 spiro atoms. The molecule has 0 radical (unpaired) electrons. The van der Waals surface area contributed by atoms with Crippen molar-refractivity contribution in [2.24, 2.45) is 5.10 Å². The smallest absolute Gasteiger partial charge is 0.428 e. The Kier molecular flexibility index (Phi) is 6.49. The van der Waals surface area contributed by atoms with Crippen LogP contribution >= 0.6 is 15.9 Å². The highest BCUT2D eigenvalue weighted by atomic mass is 79.9. The molecule has 4 rings (SSSR count). The number of nitriles is 1. The minimum absolute atomic E-state index is 0.0834. The second-order valence-corrected chi connectivity index (χ2v) is 9.23. The van der Waals surface area contributed by atoms with Gasteiger partial charge in [0.2, 0.25) is 0 Å². The number of benzene rings is 1. The number of hydrogen-bond acceptors (Lipinski definition) is 7. The van der Waals surface area contributed by atoms with Crippen molar-refractivity contribution in [1.29, 1.82) is 5.26 Å². The zero-order valence-corrected chi connectivity index (χ0v) is 19.9. The van der Waals surface area contributed by atoms with Crippen LogP contribution in [0.1, 0.15) is 47.1 Å². The van der Waals surface area contributed by atoms with Crippen LogP contribution in [0.2, 0.25) is 0 Å². The number of aromatic amines is 1. The number of halogens is 1. The quantitative estimate of drug-likeness (QED) is 0.561. The fourth-order valence-electron chi connectivity index (χ4n) is 4.24. The monoisotopic (exact) mass is 513 g/mol. The molecule has 1 aromatic heterocycles. The third kappa shape index (κ3) is 4.91. The Morgan fingerprint density at radius 1 is 1.39 bits per heavy atom. The van der Waals surface area contributed by atoms with Crippen LogP contribution in [-0.2, 0) is 4.74 Å². The number of hydrazone groups is 1. The molecule has 3 N–H and O–H groups in total. The Hall–Kier alpha value is -3.23. The van der Waals surface area contributed by atoms with Crippen molar-refractivity contribution in [3.8, 4) is 6.07 Å². The maximum atomic E-state index is 12.3. The number of H-pyrrole nitrogens is 1. The summed E-state index contributed by atoms with van der Waals surface area (Å²) in [5.74, 6) is -0.215. The van der Waals surface area contributed by atoms with Gasteiger partial charge in [0, 0.05) is 54.2 Å². The number of amides is 2. The molecule has 2 amide bonds. The van der Waals surface area contributed by atoms with Crippen LogP contribution in [0.4, 0.5) is 4.79 Å². The number of aromatic nitrogens is 2. The molecule has 1 saturated heterocycles. The summed E-state index contributed by atoms with van der Waals surface area (Å²) in [7, 11) is 0. The molecular formula is C22H24BrN7O3. The van der Waals surface area contributed by atoms with Crippen LogP contribution in [0.15, 0.2) is 33.8 Å². The summed E-state index contributed by atoms with van der Waals surface area (Å²) in [6, 6.07) is 8.99. The summed E-state index contributed by atoms with van der Waals surface area (Å²) < 4.78 is 6.51. The van der Waals surface area contributed by atoms with Gasteiger partial charge in [-0.25, -0.2) is 10.2 Å². The maximum Gasteiger partial charge on any atom is 0.428 e. The Morgan fingerprint density at radius 2 is 2.15 bits per heavy atom. The van der Waals surface area contributed by atoms with Crippen LogP contribution in [0, 0.1) is 18.3 Å². The van der Waals surface area contributed by atoms with Gasteiger partial charge in [0.05, 0.1) is 11.6 Å². The number of carbonyl (C=O) groups excluding carboxylic acids is 2. The second-order valence-electron chi connectivity index (χ2n) is 8.37. The number of hydrogen-bond donors (Lipinski definition) is 3. The van der Waals surface area contributed by atoms with Crippen LogP contribution in [0.5, 0.6) is 0 Å². The van der Waals surface area contributed by atoms with E-state index in [0.29, 0.717) is 53.9 Å². The molecule has 11 heteroatoms. The summed E-state index contributed by atoms with van der Waals surface area (Å²) in [6.07, 6.45) is 0.544. The van der Waals surface area contributed by atoms with E-state index in [9.17, 15) is 9.59 Å². The van der Waals surface area contributed by atoms with Gasteiger partial charge in [-0.15, -0.1) is 0 Å². The van der Waals surface area contributed by atoms with E-state index < -0.39 is 11.7 Å². The molecule has 1 fully saturated rings. The normalized spacial score (nSPS) is 18.6. The summed E-state index contributed by atoms with van der Waals surface area (Å²) in [5, 5.41) is 23.2. The average Bonchev–Trinajstić information content (AvgIpc) is 3.22. The molecule has 0 unspecified atom stereocenters. The highest BCUT2D eigenvalue weighted by Gasteiger charge is 2.46. The largest absolute Gasteiger partial charge is 0.435 e. The third-order valence-corrected chi connectivity index (χ3v) is 6.50.